The second-order valence-electron chi connectivity index (χ2n) is 4.58. The van der Waals surface area contributed by atoms with E-state index in [1.54, 1.807) is 17.5 Å². The van der Waals surface area contributed by atoms with Crippen LogP contribution in [0.1, 0.15) is 33.9 Å². The van der Waals surface area contributed by atoms with Gasteiger partial charge in [0.05, 0.1) is 6.04 Å². The Morgan fingerprint density at radius 2 is 2.20 bits per heavy atom. The average Bonchev–Trinajstić information content (AvgIpc) is 2.99. The molecule has 0 saturated heterocycles. The minimum absolute atomic E-state index is 0.0422. The maximum Gasteiger partial charge on any atom is 0.252 e. The Labute approximate surface area is 123 Å². The first-order chi connectivity index (χ1) is 9.72. The van der Waals surface area contributed by atoms with Gasteiger partial charge in [-0.25, -0.2) is 4.98 Å². The largest absolute Gasteiger partial charge is 0.343 e. The quantitative estimate of drug-likeness (QED) is 0.858. The molecule has 2 N–H and O–H groups in total. The van der Waals surface area contributed by atoms with Crippen molar-refractivity contribution in [2.75, 3.05) is 13.6 Å². The molecule has 1 amide bonds. The number of hydrogen-bond acceptors (Lipinski definition) is 4. The first-order valence-corrected chi connectivity index (χ1v) is 7.53. The van der Waals surface area contributed by atoms with Gasteiger partial charge in [-0.3, -0.25) is 4.79 Å². The van der Waals surface area contributed by atoms with Crippen molar-refractivity contribution in [1.82, 2.24) is 15.6 Å². The summed E-state index contributed by atoms with van der Waals surface area (Å²) < 4.78 is 0. The summed E-state index contributed by atoms with van der Waals surface area (Å²) in [7, 11) is 1.91. The highest BCUT2D eigenvalue weighted by atomic mass is 32.1. The van der Waals surface area contributed by atoms with Gasteiger partial charge in [0.1, 0.15) is 5.01 Å². The molecule has 1 unspecified atom stereocenters. The van der Waals surface area contributed by atoms with Gasteiger partial charge in [0, 0.05) is 17.1 Å². The van der Waals surface area contributed by atoms with Gasteiger partial charge in [0.25, 0.3) is 5.91 Å². The van der Waals surface area contributed by atoms with E-state index in [0.717, 1.165) is 29.1 Å². The van der Waals surface area contributed by atoms with Crippen molar-refractivity contribution in [2.45, 2.75) is 19.4 Å². The minimum atomic E-state index is -0.0696. The number of nitrogens with one attached hydrogen (secondary N) is 2. The predicted molar refractivity (Wildman–Crippen MR) is 82.1 cm³/mol. The zero-order chi connectivity index (χ0) is 14.4. The van der Waals surface area contributed by atoms with E-state index in [2.05, 4.69) is 15.6 Å². The van der Waals surface area contributed by atoms with E-state index in [-0.39, 0.29) is 11.9 Å². The van der Waals surface area contributed by atoms with E-state index in [1.807, 2.05) is 43.6 Å². The van der Waals surface area contributed by atoms with Crippen LogP contribution in [-0.4, -0.2) is 24.5 Å². The fraction of sp³-hybridized carbons (Fsp3) is 0.333. The Kier molecular flexibility index (Phi) is 5.26. The van der Waals surface area contributed by atoms with Crippen molar-refractivity contribution < 1.29 is 4.79 Å². The summed E-state index contributed by atoms with van der Waals surface area (Å²) >= 11 is 1.55. The number of thiazole rings is 1. The van der Waals surface area contributed by atoms with Crippen molar-refractivity contribution in [1.29, 1.82) is 0 Å². The lowest BCUT2D eigenvalue weighted by Gasteiger charge is -2.14. The molecule has 0 aliphatic heterocycles. The Bertz CT molecular complexity index is 554. The van der Waals surface area contributed by atoms with E-state index in [1.165, 1.54) is 0 Å². The van der Waals surface area contributed by atoms with Gasteiger partial charge in [-0.1, -0.05) is 18.2 Å². The van der Waals surface area contributed by atoms with Crippen LogP contribution in [0.25, 0.3) is 0 Å². The maximum atomic E-state index is 12.4. The number of hydrogen-bond donors (Lipinski definition) is 2. The van der Waals surface area contributed by atoms with E-state index < -0.39 is 0 Å². The minimum Gasteiger partial charge on any atom is -0.343 e. The summed E-state index contributed by atoms with van der Waals surface area (Å²) in [6, 6.07) is 7.66. The third kappa shape index (κ3) is 3.65. The highest BCUT2D eigenvalue weighted by molar-refractivity contribution is 7.09. The smallest absolute Gasteiger partial charge is 0.252 e. The number of carbonyl (C=O) groups excluding carboxylic acids is 1. The normalized spacial score (nSPS) is 12.1. The molecule has 20 heavy (non-hydrogen) atoms. The molecule has 0 radical (unpaired) electrons. The van der Waals surface area contributed by atoms with Crippen LogP contribution >= 0.6 is 11.3 Å². The Hall–Kier alpha value is -1.72. The van der Waals surface area contributed by atoms with Crippen molar-refractivity contribution >= 4 is 17.2 Å². The summed E-state index contributed by atoms with van der Waals surface area (Å²) in [5.74, 6) is -0.0422. The number of rotatable bonds is 6. The number of benzene rings is 1. The molecule has 0 fully saturated rings. The van der Waals surface area contributed by atoms with Crippen molar-refractivity contribution in [3.63, 3.8) is 0 Å². The van der Waals surface area contributed by atoms with Crippen molar-refractivity contribution in [3.8, 4) is 0 Å². The summed E-state index contributed by atoms with van der Waals surface area (Å²) in [6.45, 7) is 2.80. The molecule has 1 aromatic carbocycles. The monoisotopic (exact) mass is 289 g/mol. The van der Waals surface area contributed by atoms with E-state index in [0.29, 0.717) is 0 Å². The molecule has 1 heterocycles. The lowest BCUT2D eigenvalue weighted by molar-refractivity contribution is 0.0939. The fourth-order valence-corrected chi connectivity index (χ4v) is 2.65. The van der Waals surface area contributed by atoms with Crippen LogP contribution in [0.15, 0.2) is 35.8 Å². The molecule has 2 rings (SSSR count). The Morgan fingerprint density at radius 1 is 1.40 bits per heavy atom. The van der Waals surface area contributed by atoms with Crippen LogP contribution in [-0.2, 0) is 6.42 Å². The third-order valence-electron chi connectivity index (χ3n) is 3.08. The molecule has 1 atom stereocenters. The van der Waals surface area contributed by atoms with Gasteiger partial charge in [0.2, 0.25) is 0 Å². The maximum absolute atomic E-state index is 12.4. The molecule has 0 aliphatic carbocycles. The van der Waals surface area contributed by atoms with Gasteiger partial charge < -0.3 is 10.6 Å². The second-order valence-corrected chi connectivity index (χ2v) is 5.50. The van der Waals surface area contributed by atoms with E-state index in [9.17, 15) is 4.79 Å². The number of nitrogens with zero attached hydrogens (tertiary/aromatic N) is 1. The molecule has 5 heteroatoms. The summed E-state index contributed by atoms with van der Waals surface area (Å²) in [6.07, 6.45) is 2.59. The topological polar surface area (TPSA) is 54.0 Å². The van der Waals surface area contributed by atoms with Crippen LogP contribution in [0.3, 0.4) is 0 Å². The average molecular weight is 289 g/mol. The zero-order valence-electron chi connectivity index (χ0n) is 11.7. The number of aromatic nitrogens is 1. The van der Waals surface area contributed by atoms with E-state index >= 15 is 0 Å². The van der Waals surface area contributed by atoms with Crippen molar-refractivity contribution in [3.05, 3.63) is 52.0 Å². The summed E-state index contributed by atoms with van der Waals surface area (Å²) in [5, 5.41) is 8.95. The summed E-state index contributed by atoms with van der Waals surface area (Å²) in [4.78, 5) is 16.6. The van der Waals surface area contributed by atoms with Gasteiger partial charge in [-0.15, -0.1) is 11.3 Å². The van der Waals surface area contributed by atoms with Crippen molar-refractivity contribution in [2.24, 2.45) is 0 Å². The second kappa shape index (κ2) is 7.17. The highest BCUT2D eigenvalue weighted by Gasteiger charge is 2.15. The zero-order valence-corrected chi connectivity index (χ0v) is 12.5. The lowest BCUT2D eigenvalue weighted by Crippen LogP contribution is -2.27. The summed E-state index contributed by atoms with van der Waals surface area (Å²) in [5.41, 5.74) is 1.80. The molecule has 2 aromatic rings. The van der Waals surface area contributed by atoms with Gasteiger partial charge >= 0.3 is 0 Å². The molecule has 4 nitrogen and oxygen atoms in total. The van der Waals surface area contributed by atoms with Crippen LogP contribution < -0.4 is 10.6 Å². The van der Waals surface area contributed by atoms with Crippen LogP contribution in [0, 0.1) is 0 Å². The molecule has 106 valence electrons. The number of amides is 1. The Morgan fingerprint density at radius 3 is 2.90 bits per heavy atom. The standard InChI is InChI=1S/C15H19N3OS/c1-11(15-17-9-10-20-15)18-14(19)13-6-4-3-5-12(13)7-8-16-2/h3-6,9-11,16H,7-8H2,1-2H3,(H,18,19). The molecule has 0 saturated carbocycles. The molecular weight excluding hydrogens is 270 g/mol. The van der Waals surface area contributed by atoms with Gasteiger partial charge in [-0.2, -0.15) is 0 Å². The first-order valence-electron chi connectivity index (χ1n) is 6.65. The molecule has 0 aliphatic rings. The lowest BCUT2D eigenvalue weighted by atomic mass is 10.0. The molecular formula is C15H19N3OS. The SMILES string of the molecule is CNCCc1ccccc1C(=O)NC(C)c1nccs1. The Balaban J connectivity index is 2.09. The third-order valence-corrected chi connectivity index (χ3v) is 4.03. The van der Waals surface area contributed by atoms with Crippen LogP contribution in [0.2, 0.25) is 0 Å². The van der Waals surface area contributed by atoms with Crippen LogP contribution in [0.5, 0.6) is 0 Å². The predicted octanol–water partition coefficient (Wildman–Crippen LogP) is 2.40. The van der Waals surface area contributed by atoms with Crippen LogP contribution in [0.4, 0.5) is 0 Å². The molecule has 1 aromatic heterocycles. The first kappa shape index (κ1) is 14.7. The van der Waals surface area contributed by atoms with Gasteiger partial charge in [0.15, 0.2) is 0 Å². The molecule has 0 spiro atoms. The van der Waals surface area contributed by atoms with Gasteiger partial charge in [-0.05, 0) is 38.6 Å². The van der Waals surface area contributed by atoms with E-state index in [4.69, 9.17) is 0 Å². The highest BCUT2D eigenvalue weighted by Crippen LogP contribution is 2.16. The fourth-order valence-electron chi connectivity index (χ4n) is 2.00. The molecule has 0 bridgehead atoms. The number of carbonyl (C=O) groups is 1. The number of likely N-dealkylation sites (N-methyl/N-ethyl adjacent to an activating group) is 1.